The van der Waals surface area contributed by atoms with Crippen LogP contribution in [-0.4, -0.2) is 23.5 Å². The fourth-order valence-corrected chi connectivity index (χ4v) is 3.86. The molecule has 3 heterocycles. The Labute approximate surface area is 176 Å². The molecule has 2 aliphatic heterocycles. The summed E-state index contributed by atoms with van der Waals surface area (Å²) in [4.78, 5) is 25.6. The van der Waals surface area contributed by atoms with E-state index in [0.29, 0.717) is 12.2 Å². The molecule has 120 valence electrons. The molecule has 1 fully saturated rings. The van der Waals surface area contributed by atoms with Gasteiger partial charge >= 0.3 is 29.6 Å². The number of thiophene rings is 1. The standard InChI is InChI=1S/C17H13N3O2S2.Na/c21-15-12-7-10(2-1-9(12)5-6-18-15)14-4-3-11(24-14)8-13-16(22)20-17(23)19-13;/h1-4,7-8H,5-6H2,(H3,18,19,20,21,22,23);/q;+1/p-1/b13-8+;. The van der Waals surface area contributed by atoms with E-state index in [0.717, 1.165) is 32.9 Å². The Morgan fingerprint density at radius 2 is 2.00 bits per heavy atom. The van der Waals surface area contributed by atoms with Crippen LogP contribution in [0.3, 0.4) is 0 Å². The SMILES string of the molecule is O=C1NC(=S)[N-]/C1=C/c1ccc(-c2ccc3c(c2)C(=O)NCC3)s1.[Na+]. The van der Waals surface area contributed by atoms with Gasteiger partial charge in [-0.2, -0.15) is 0 Å². The first-order chi connectivity index (χ1) is 11.6. The van der Waals surface area contributed by atoms with Crippen LogP contribution < -0.4 is 40.2 Å². The van der Waals surface area contributed by atoms with E-state index in [9.17, 15) is 9.59 Å². The molecule has 1 aromatic heterocycles. The third-order valence-electron chi connectivity index (χ3n) is 3.90. The van der Waals surface area contributed by atoms with Crippen molar-refractivity contribution in [1.82, 2.24) is 10.6 Å². The van der Waals surface area contributed by atoms with Crippen molar-refractivity contribution in [2.45, 2.75) is 6.42 Å². The van der Waals surface area contributed by atoms with E-state index < -0.39 is 0 Å². The minimum absolute atomic E-state index is 0. The zero-order valence-corrected chi connectivity index (χ0v) is 17.1. The predicted molar refractivity (Wildman–Crippen MR) is 97.9 cm³/mol. The molecular weight excluding hydrogens is 365 g/mol. The molecule has 2 aromatic rings. The molecule has 0 aliphatic carbocycles. The first-order valence-electron chi connectivity index (χ1n) is 7.40. The van der Waals surface area contributed by atoms with Crippen molar-refractivity contribution in [3.63, 3.8) is 0 Å². The number of hydrogen-bond acceptors (Lipinski definition) is 4. The van der Waals surface area contributed by atoms with Gasteiger partial charge in [0.15, 0.2) is 5.91 Å². The van der Waals surface area contributed by atoms with Crippen molar-refractivity contribution >= 4 is 46.6 Å². The van der Waals surface area contributed by atoms with E-state index in [1.165, 1.54) is 11.3 Å². The zero-order chi connectivity index (χ0) is 16.7. The van der Waals surface area contributed by atoms with Gasteiger partial charge in [-0.3, -0.25) is 9.59 Å². The summed E-state index contributed by atoms with van der Waals surface area (Å²) in [5, 5.41) is 9.55. The summed E-state index contributed by atoms with van der Waals surface area (Å²) >= 11 is 6.40. The molecule has 1 aromatic carbocycles. The number of thiocarbonyl (C=S) groups is 1. The Morgan fingerprint density at radius 1 is 1.16 bits per heavy atom. The van der Waals surface area contributed by atoms with Crippen molar-refractivity contribution in [3.8, 4) is 10.4 Å². The molecule has 1 saturated heterocycles. The van der Waals surface area contributed by atoms with Crippen LogP contribution in [0.4, 0.5) is 0 Å². The number of amides is 2. The van der Waals surface area contributed by atoms with Crippen molar-refractivity contribution < 1.29 is 39.1 Å². The van der Waals surface area contributed by atoms with Gasteiger partial charge in [-0.25, -0.2) is 0 Å². The minimum Gasteiger partial charge on any atom is -0.424 e. The number of carbonyl (C=O) groups is 2. The van der Waals surface area contributed by atoms with Gasteiger partial charge in [0.2, 0.25) is 0 Å². The van der Waals surface area contributed by atoms with Gasteiger partial charge in [0.25, 0.3) is 5.91 Å². The van der Waals surface area contributed by atoms with Crippen LogP contribution in [0.15, 0.2) is 36.0 Å². The van der Waals surface area contributed by atoms with Crippen LogP contribution in [0, 0.1) is 0 Å². The maximum Gasteiger partial charge on any atom is 1.00 e. The predicted octanol–water partition coefficient (Wildman–Crippen LogP) is -0.166. The van der Waals surface area contributed by atoms with Crippen molar-refractivity contribution in [2.75, 3.05) is 6.54 Å². The Morgan fingerprint density at radius 3 is 2.76 bits per heavy atom. The number of carbonyl (C=O) groups excluding carboxylic acids is 2. The topological polar surface area (TPSA) is 72.3 Å². The van der Waals surface area contributed by atoms with Crippen LogP contribution in [0.1, 0.15) is 20.8 Å². The van der Waals surface area contributed by atoms with Gasteiger partial charge in [-0.05, 0) is 41.8 Å². The molecule has 5 nitrogen and oxygen atoms in total. The summed E-state index contributed by atoms with van der Waals surface area (Å²) in [6.07, 6.45) is 2.58. The summed E-state index contributed by atoms with van der Waals surface area (Å²) in [6, 6.07) is 9.87. The number of fused-ring (bicyclic) bond motifs is 1. The van der Waals surface area contributed by atoms with Crippen LogP contribution >= 0.6 is 23.6 Å². The Hall–Kier alpha value is -1.51. The first-order valence-corrected chi connectivity index (χ1v) is 8.63. The number of rotatable bonds is 2. The van der Waals surface area contributed by atoms with E-state index in [2.05, 4.69) is 16.0 Å². The maximum absolute atomic E-state index is 12.0. The van der Waals surface area contributed by atoms with Crippen LogP contribution in [0.25, 0.3) is 21.8 Å². The molecule has 8 heteroatoms. The molecular formula is C17H12N3NaO2S2. The summed E-state index contributed by atoms with van der Waals surface area (Å²) in [6.45, 7) is 0.690. The van der Waals surface area contributed by atoms with E-state index in [1.54, 1.807) is 6.08 Å². The summed E-state index contributed by atoms with van der Waals surface area (Å²) in [5.41, 5.74) is 3.13. The van der Waals surface area contributed by atoms with Crippen LogP contribution in [0.5, 0.6) is 0 Å². The van der Waals surface area contributed by atoms with Gasteiger partial charge in [0.1, 0.15) is 0 Å². The van der Waals surface area contributed by atoms with E-state index in [1.807, 2.05) is 30.3 Å². The van der Waals surface area contributed by atoms with Gasteiger partial charge < -0.3 is 16.0 Å². The van der Waals surface area contributed by atoms with Gasteiger partial charge in [0, 0.05) is 32.7 Å². The number of nitrogens with one attached hydrogen (secondary N) is 2. The van der Waals surface area contributed by atoms with E-state index >= 15 is 0 Å². The fourth-order valence-electron chi connectivity index (χ4n) is 2.73. The molecule has 0 spiro atoms. The molecule has 25 heavy (non-hydrogen) atoms. The fraction of sp³-hybridized carbons (Fsp3) is 0.118. The number of hydrogen-bond donors (Lipinski definition) is 2. The average molecular weight is 377 g/mol. The van der Waals surface area contributed by atoms with Crippen LogP contribution in [-0.2, 0) is 11.2 Å². The molecule has 0 bridgehead atoms. The number of benzene rings is 1. The summed E-state index contributed by atoms with van der Waals surface area (Å²) < 4.78 is 0. The Balaban J connectivity index is 0.00000182. The Kier molecular flexibility index (Phi) is 5.41. The smallest absolute Gasteiger partial charge is 0.424 e. The first kappa shape index (κ1) is 18.3. The summed E-state index contributed by atoms with van der Waals surface area (Å²) in [5.74, 6) is -0.299. The second kappa shape index (κ2) is 7.39. The molecule has 2 aliphatic rings. The molecule has 2 amide bonds. The monoisotopic (exact) mass is 377 g/mol. The average Bonchev–Trinajstić information content (AvgIpc) is 3.15. The number of nitrogens with zero attached hydrogens (tertiary/aromatic N) is 1. The van der Waals surface area contributed by atoms with E-state index in [4.69, 9.17) is 12.2 Å². The molecule has 2 N–H and O–H groups in total. The van der Waals surface area contributed by atoms with Gasteiger partial charge in [-0.1, -0.05) is 24.4 Å². The minimum atomic E-state index is -0.277. The van der Waals surface area contributed by atoms with Crippen LogP contribution in [0.2, 0.25) is 0 Å². The Bertz CT molecular complexity index is 920. The second-order valence-corrected chi connectivity index (χ2v) is 6.98. The second-order valence-electron chi connectivity index (χ2n) is 5.48. The largest absolute Gasteiger partial charge is 1.00 e. The maximum atomic E-state index is 12.0. The molecule has 0 atom stereocenters. The quantitative estimate of drug-likeness (QED) is 0.434. The van der Waals surface area contributed by atoms with E-state index in [-0.39, 0.29) is 46.5 Å². The van der Waals surface area contributed by atoms with Gasteiger partial charge in [0.05, 0.1) is 0 Å². The molecule has 0 unspecified atom stereocenters. The summed E-state index contributed by atoms with van der Waals surface area (Å²) in [7, 11) is 0. The normalized spacial score (nSPS) is 17.4. The van der Waals surface area contributed by atoms with Crippen molar-refractivity contribution in [1.29, 1.82) is 0 Å². The van der Waals surface area contributed by atoms with Gasteiger partial charge in [-0.15, -0.1) is 11.3 Å². The molecule has 0 saturated carbocycles. The zero-order valence-electron chi connectivity index (χ0n) is 13.5. The third kappa shape index (κ3) is 3.70. The van der Waals surface area contributed by atoms with Crippen molar-refractivity contribution in [3.05, 3.63) is 57.3 Å². The molecule has 0 radical (unpaired) electrons. The van der Waals surface area contributed by atoms with Crippen molar-refractivity contribution in [2.24, 2.45) is 0 Å². The molecule has 4 rings (SSSR count). The third-order valence-corrected chi connectivity index (χ3v) is 5.17.